The molecule has 1 atom stereocenters. The lowest BCUT2D eigenvalue weighted by Crippen LogP contribution is -2.49. The second kappa shape index (κ2) is 16.3. The molecule has 0 bridgehead atoms. The second-order valence-corrected chi connectivity index (χ2v) is 8.01. The fourth-order valence-electron chi connectivity index (χ4n) is 3.44. The number of halogens is 1. The van der Waals surface area contributed by atoms with Gasteiger partial charge in [0.2, 0.25) is 5.91 Å². The van der Waals surface area contributed by atoms with Crippen LogP contribution in [0.3, 0.4) is 0 Å². The van der Waals surface area contributed by atoms with Crippen LogP contribution in [-0.4, -0.2) is 74.5 Å². The first kappa shape index (κ1) is 27.4. The van der Waals surface area contributed by atoms with Crippen molar-refractivity contribution >= 4 is 35.8 Å². The second-order valence-electron chi connectivity index (χ2n) is 8.01. The van der Waals surface area contributed by atoms with Gasteiger partial charge in [-0.1, -0.05) is 40.0 Å². The third-order valence-corrected chi connectivity index (χ3v) is 5.44. The van der Waals surface area contributed by atoms with Crippen molar-refractivity contribution in [1.82, 2.24) is 20.4 Å². The zero-order valence-electron chi connectivity index (χ0n) is 18.8. The van der Waals surface area contributed by atoms with Gasteiger partial charge in [-0.05, 0) is 38.1 Å². The van der Waals surface area contributed by atoms with Crippen molar-refractivity contribution in [3.8, 4) is 0 Å². The highest BCUT2D eigenvalue weighted by atomic mass is 127. The van der Waals surface area contributed by atoms with Crippen molar-refractivity contribution in [3.05, 3.63) is 0 Å². The Kier molecular flexibility index (Phi) is 15.9. The zero-order valence-corrected chi connectivity index (χ0v) is 21.1. The van der Waals surface area contributed by atoms with Gasteiger partial charge >= 0.3 is 0 Å². The van der Waals surface area contributed by atoms with Crippen molar-refractivity contribution < 1.29 is 4.79 Å². The van der Waals surface area contributed by atoms with E-state index in [1.54, 1.807) is 19.0 Å². The predicted molar refractivity (Wildman–Crippen MR) is 131 cm³/mol. The fraction of sp³-hybridized carbons (Fsp3) is 0.905. The topological polar surface area (TPSA) is 60.0 Å². The Labute approximate surface area is 190 Å². The van der Waals surface area contributed by atoms with Gasteiger partial charge in [0, 0.05) is 39.8 Å². The summed E-state index contributed by atoms with van der Waals surface area (Å²) < 4.78 is 0. The van der Waals surface area contributed by atoms with Gasteiger partial charge in [-0.25, -0.2) is 4.99 Å². The smallest absolute Gasteiger partial charge is 0.243 e. The molecular formula is C21H44IN5O. The number of carbonyl (C=O) groups is 1. The molecule has 0 aromatic heterocycles. The summed E-state index contributed by atoms with van der Waals surface area (Å²) in [4.78, 5) is 20.7. The molecule has 1 aliphatic heterocycles. The number of likely N-dealkylation sites (tertiary alicyclic amines) is 1. The molecule has 0 spiro atoms. The fourth-order valence-corrected chi connectivity index (χ4v) is 3.44. The van der Waals surface area contributed by atoms with E-state index in [1.165, 1.54) is 38.6 Å². The molecule has 0 aromatic rings. The van der Waals surface area contributed by atoms with Crippen LogP contribution in [0.2, 0.25) is 0 Å². The first-order valence-electron chi connectivity index (χ1n) is 11.0. The molecule has 0 saturated carbocycles. The highest BCUT2D eigenvalue weighted by molar-refractivity contribution is 14.0. The number of aliphatic imine (C=N–C) groups is 1. The van der Waals surface area contributed by atoms with E-state index in [2.05, 4.69) is 41.3 Å². The van der Waals surface area contributed by atoms with E-state index in [4.69, 9.17) is 0 Å². The number of carbonyl (C=O) groups excluding carboxylic acids is 1. The summed E-state index contributed by atoms with van der Waals surface area (Å²) in [5.74, 6) is 1.49. The monoisotopic (exact) mass is 509 g/mol. The van der Waals surface area contributed by atoms with Crippen LogP contribution in [0.5, 0.6) is 0 Å². The highest BCUT2D eigenvalue weighted by Crippen LogP contribution is 2.12. The van der Waals surface area contributed by atoms with Crippen molar-refractivity contribution in [2.24, 2.45) is 10.9 Å². The number of piperidine rings is 1. The van der Waals surface area contributed by atoms with Crippen molar-refractivity contribution in [2.75, 3.05) is 46.8 Å². The van der Waals surface area contributed by atoms with Crippen LogP contribution in [0.25, 0.3) is 0 Å². The molecule has 1 saturated heterocycles. The van der Waals surface area contributed by atoms with Gasteiger partial charge in [0.1, 0.15) is 6.54 Å². The Bertz CT molecular complexity index is 437. The van der Waals surface area contributed by atoms with E-state index in [0.717, 1.165) is 38.4 Å². The number of nitrogens with zero attached hydrogens (tertiary/aromatic N) is 3. The van der Waals surface area contributed by atoms with Gasteiger partial charge in [-0.2, -0.15) is 0 Å². The van der Waals surface area contributed by atoms with Gasteiger partial charge < -0.3 is 20.4 Å². The number of rotatable bonds is 11. The maximum Gasteiger partial charge on any atom is 0.243 e. The first-order chi connectivity index (χ1) is 13.0. The largest absolute Gasteiger partial charge is 0.356 e. The average Bonchev–Trinajstić information content (AvgIpc) is 2.67. The van der Waals surface area contributed by atoms with Crippen LogP contribution in [-0.2, 0) is 4.79 Å². The molecule has 166 valence electrons. The summed E-state index contributed by atoms with van der Waals surface area (Å²) in [5, 5.41) is 7.10. The summed E-state index contributed by atoms with van der Waals surface area (Å²) >= 11 is 0. The van der Waals surface area contributed by atoms with Gasteiger partial charge in [-0.15, -0.1) is 24.0 Å². The van der Waals surface area contributed by atoms with E-state index in [-0.39, 0.29) is 36.4 Å². The molecule has 0 aromatic carbocycles. The van der Waals surface area contributed by atoms with Crippen LogP contribution >= 0.6 is 24.0 Å². The summed E-state index contributed by atoms with van der Waals surface area (Å²) in [7, 11) is 3.55. The van der Waals surface area contributed by atoms with Gasteiger partial charge in [0.05, 0.1) is 0 Å². The molecule has 1 aliphatic rings. The summed E-state index contributed by atoms with van der Waals surface area (Å²) in [6, 6.07) is 0.439. The minimum atomic E-state index is 0. The molecule has 0 aliphatic carbocycles. The summed E-state index contributed by atoms with van der Waals surface area (Å²) in [6.45, 7) is 11.3. The average molecular weight is 510 g/mol. The molecule has 7 heteroatoms. The molecule has 28 heavy (non-hydrogen) atoms. The molecule has 2 N–H and O–H groups in total. The van der Waals surface area contributed by atoms with Crippen LogP contribution < -0.4 is 10.6 Å². The number of hydrogen-bond acceptors (Lipinski definition) is 3. The third kappa shape index (κ3) is 11.4. The Morgan fingerprint density at radius 1 is 1.18 bits per heavy atom. The van der Waals surface area contributed by atoms with Gasteiger partial charge in [-0.3, -0.25) is 4.79 Å². The van der Waals surface area contributed by atoms with E-state index >= 15 is 0 Å². The van der Waals surface area contributed by atoms with Crippen molar-refractivity contribution in [2.45, 2.75) is 71.8 Å². The standard InChI is InChI=1S/C21H43N5O.HI/c1-6-9-10-18(8-3)16-22-21(23-17-20(27)25(4)5)24-19-11-14-26(13-7-2)15-12-19;/h18-19H,6-17H2,1-5H3,(H2,22,23,24);1H. The van der Waals surface area contributed by atoms with Crippen molar-refractivity contribution in [1.29, 1.82) is 0 Å². The highest BCUT2D eigenvalue weighted by Gasteiger charge is 2.20. The van der Waals surface area contributed by atoms with E-state index in [9.17, 15) is 4.79 Å². The maximum atomic E-state index is 11.9. The maximum absolute atomic E-state index is 11.9. The quantitative estimate of drug-likeness (QED) is 0.255. The zero-order chi connectivity index (χ0) is 20.1. The van der Waals surface area contributed by atoms with Crippen LogP contribution in [0.4, 0.5) is 0 Å². The van der Waals surface area contributed by atoms with Crippen molar-refractivity contribution in [3.63, 3.8) is 0 Å². The summed E-state index contributed by atoms with van der Waals surface area (Å²) in [6.07, 6.45) is 8.42. The Balaban J connectivity index is 0.00000729. The minimum absolute atomic E-state index is 0. The number of hydrogen-bond donors (Lipinski definition) is 2. The Morgan fingerprint density at radius 2 is 1.86 bits per heavy atom. The molecule has 1 rings (SSSR count). The van der Waals surface area contributed by atoms with Crippen LogP contribution in [0, 0.1) is 5.92 Å². The Hall–Kier alpha value is -0.570. The lowest BCUT2D eigenvalue weighted by Gasteiger charge is -2.33. The van der Waals surface area contributed by atoms with E-state index < -0.39 is 0 Å². The molecule has 1 fully saturated rings. The normalized spacial score (nSPS) is 17.0. The lowest BCUT2D eigenvalue weighted by molar-refractivity contribution is -0.127. The first-order valence-corrected chi connectivity index (χ1v) is 11.0. The number of nitrogens with one attached hydrogen (secondary N) is 2. The SMILES string of the molecule is CCCCC(CC)CNC(=NCC(=O)N(C)C)NC1CCN(CCC)CC1.I. The summed E-state index contributed by atoms with van der Waals surface area (Å²) in [5.41, 5.74) is 0. The molecule has 1 heterocycles. The Morgan fingerprint density at radius 3 is 2.39 bits per heavy atom. The number of guanidine groups is 1. The molecule has 1 amide bonds. The molecule has 6 nitrogen and oxygen atoms in total. The van der Waals surface area contributed by atoms with E-state index in [1.807, 2.05) is 0 Å². The molecular weight excluding hydrogens is 465 g/mol. The minimum Gasteiger partial charge on any atom is -0.356 e. The molecule has 1 unspecified atom stereocenters. The van der Waals surface area contributed by atoms with Gasteiger partial charge in [0.15, 0.2) is 5.96 Å². The van der Waals surface area contributed by atoms with Gasteiger partial charge in [0.25, 0.3) is 0 Å². The number of likely N-dealkylation sites (N-methyl/N-ethyl adjacent to an activating group) is 1. The van der Waals surface area contributed by atoms with Crippen LogP contribution in [0.1, 0.15) is 65.7 Å². The number of amides is 1. The lowest BCUT2D eigenvalue weighted by atomic mass is 9.99. The predicted octanol–water partition coefficient (Wildman–Crippen LogP) is 3.32. The van der Waals surface area contributed by atoms with E-state index in [0.29, 0.717) is 12.0 Å². The third-order valence-electron chi connectivity index (χ3n) is 5.44. The van der Waals surface area contributed by atoms with Crippen LogP contribution in [0.15, 0.2) is 4.99 Å². The molecule has 0 radical (unpaired) electrons. The number of unbranched alkanes of at least 4 members (excludes halogenated alkanes) is 1.